The van der Waals surface area contributed by atoms with E-state index in [4.69, 9.17) is 9.47 Å². The molecule has 3 fully saturated rings. The van der Waals surface area contributed by atoms with Crippen molar-refractivity contribution in [3.63, 3.8) is 0 Å². The Balaban J connectivity index is 0.00000484. The summed E-state index contributed by atoms with van der Waals surface area (Å²) < 4.78 is 19.3. The number of benzene rings is 2. The first kappa shape index (κ1) is 40.5. The van der Waals surface area contributed by atoms with E-state index in [1.807, 2.05) is 17.0 Å². The second kappa shape index (κ2) is 16.4. The SMILES string of the molecule is Cc1cccc(C)c1Oc1c(C2(c3c(Oc4c(C)cccc4C)n(C4CCCCC4)c4cc(=O)[nH]cc34)CNCCN2C=O)c2c[nH]c(=O)cc2n1C1CCCCC1.Cl. The molecule has 1 amide bonds. The van der Waals surface area contributed by atoms with Crippen LogP contribution in [0.25, 0.3) is 21.8 Å². The van der Waals surface area contributed by atoms with Gasteiger partial charge in [0.05, 0.1) is 22.2 Å². The quantitative estimate of drug-likeness (QED) is 0.125. The monoisotopic (exact) mass is 818 g/mol. The van der Waals surface area contributed by atoms with Gasteiger partial charge in [0.2, 0.25) is 29.3 Å². The fourth-order valence-corrected chi connectivity index (χ4v) is 10.4. The number of aromatic nitrogens is 4. The molecular weight excluding hydrogens is 764 g/mol. The van der Waals surface area contributed by atoms with Crippen molar-refractivity contribution >= 4 is 40.6 Å². The number of ether oxygens (including phenoxy) is 2. The maximum Gasteiger partial charge on any atom is 0.250 e. The van der Waals surface area contributed by atoms with Crippen molar-refractivity contribution in [2.45, 2.75) is 110 Å². The van der Waals surface area contributed by atoms with E-state index in [0.29, 0.717) is 31.4 Å². The van der Waals surface area contributed by atoms with Crippen molar-refractivity contribution in [3.8, 4) is 23.3 Å². The van der Waals surface area contributed by atoms with Gasteiger partial charge in [-0.05, 0) is 75.6 Å². The number of pyridine rings is 2. The second-order valence-electron chi connectivity index (χ2n) is 16.9. The van der Waals surface area contributed by atoms with Crippen LogP contribution in [0.1, 0.15) is 110 Å². The molecule has 6 aromatic rings. The number of H-pyrrole nitrogens is 2. The number of piperazine rings is 1. The lowest BCUT2D eigenvalue weighted by molar-refractivity contribution is -0.124. The zero-order valence-corrected chi connectivity index (χ0v) is 35.3. The van der Waals surface area contributed by atoms with Crippen LogP contribution in [-0.2, 0) is 10.3 Å². The van der Waals surface area contributed by atoms with Gasteiger partial charge in [0.25, 0.3) is 0 Å². The third kappa shape index (κ3) is 6.85. The Morgan fingerprint density at radius 1 is 0.661 bits per heavy atom. The molecule has 3 aliphatic rings. The van der Waals surface area contributed by atoms with Gasteiger partial charge in [-0.25, -0.2) is 0 Å². The van der Waals surface area contributed by atoms with E-state index in [9.17, 15) is 14.4 Å². The number of aryl methyl sites for hydroxylation is 4. The minimum absolute atomic E-state index is 0. The molecule has 5 heterocycles. The van der Waals surface area contributed by atoms with Gasteiger partial charge in [0.1, 0.15) is 17.0 Å². The van der Waals surface area contributed by atoms with Crippen LogP contribution in [0.2, 0.25) is 0 Å². The minimum Gasteiger partial charge on any atom is -0.440 e. The number of fused-ring (bicyclic) bond motifs is 2. The van der Waals surface area contributed by atoms with Crippen LogP contribution < -0.4 is 25.9 Å². The molecule has 1 aliphatic heterocycles. The van der Waals surface area contributed by atoms with Crippen LogP contribution in [0.15, 0.2) is 70.5 Å². The molecule has 3 N–H and O–H groups in total. The second-order valence-corrected chi connectivity index (χ2v) is 16.9. The summed E-state index contributed by atoms with van der Waals surface area (Å²) >= 11 is 0. The zero-order chi connectivity index (χ0) is 40.1. The predicted molar refractivity (Wildman–Crippen MR) is 235 cm³/mol. The summed E-state index contributed by atoms with van der Waals surface area (Å²) in [5.41, 5.74) is 5.35. The summed E-state index contributed by atoms with van der Waals surface area (Å²) in [7, 11) is 0. The van der Waals surface area contributed by atoms with Crippen molar-refractivity contribution in [1.82, 2.24) is 29.3 Å². The Hall–Kier alpha value is -5.26. The Bertz CT molecular complexity index is 2440. The highest BCUT2D eigenvalue weighted by Crippen LogP contribution is 2.56. The fraction of sp³-hybridized carbons (Fsp3) is 0.426. The van der Waals surface area contributed by atoms with Crippen molar-refractivity contribution < 1.29 is 14.3 Å². The number of halogens is 1. The van der Waals surface area contributed by atoms with E-state index in [1.165, 1.54) is 0 Å². The molecule has 1 saturated heterocycles. The normalized spacial score (nSPS) is 17.6. The number of aromatic amines is 2. The van der Waals surface area contributed by atoms with Gasteiger partial charge in [0, 0.05) is 67.0 Å². The lowest BCUT2D eigenvalue weighted by Gasteiger charge is -2.46. The predicted octanol–water partition coefficient (Wildman–Crippen LogP) is 9.53. The smallest absolute Gasteiger partial charge is 0.250 e. The van der Waals surface area contributed by atoms with Gasteiger partial charge >= 0.3 is 0 Å². The average Bonchev–Trinajstić information content (AvgIpc) is 3.72. The number of nitrogens with one attached hydrogen (secondary N) is 3. The summed E-state index contributed by atoms with van der Waals surface area (Å²) in [6, 6.07) is 15.8. The lowest BCUT2D eigenvalue weighted by Crippen LogP contribution is -2.59. The summed E-state index contributed by atoms with van der Waals surface area (Å²) in [5, 5.41) is 5.31. The molecule has 4 aromatic heterocycles. The van der Waals surface area contributed by atoms with E-state index >= 15 is 0 Å². The number of carbonyl (C=O) groups excluding carboxylic acids is 1. The molecule has 12 heteroatoms. The number of hydrogen-bond acceptors (Lipinski definition) is 6. The molecular formula is C47H55ClN6O5. The molecule has 11 nitrogen and oxygen atoms in total. The first-order valence-corrected chi connectivity index (χ1v) is 21.2. The molecule has 2 aromatic carbocycles. The van der Waals surface area contributed by atoms with Crippen molar-refractivity contribution in [3.05, 3.63) is 115 Å². The van der Waals surface area contributed by atoms with Gasteiger partial charge in [-0.1, -0.05) is 74.9 Å². The molecule has 0 unspecified atom stereocenters. The third-order valence-electron chi connectivity index (χ3n) is 13.2. The largest absolute Gasteiger partial charge is 0.440 e. The van der Waals surface area contributed by atoms with Crippen molar-refractivity contribution in [2.24, 2.45) is 0 Å². The summed E-state index contributed by atoms with van der Waals surface area (Å²) in [6.07, 6.45) is 14.9. The number of hydrogen-bond donors (Lipinski definition) is 3. The number of nitrogens with zero attached hydrogens (tertiary/aromatic N) is 3. The maximum absolute atomic E-state index is 14.0. The zero-order valence-electron chi connectivity index (χ0n) is 34.5. The van der Waals surface area contributed by atoms with Gasteiger partial charge in [-0.2, -0.15) is 0 Å². The molecule has 0 atom stereocenters. The standard InChI is InChI=1S/C47H54N6O5.ClH/c1-29-13-11-14-30(2)43(29)57-45-41(35-25-49-39(55)23-37(35)52(45)33-17-7-5-8-18-33)47(27-48-21-22-51(47)28-54)42-36-26-50-40(56)24-38(36)53(34-19-9-6-10-20-34)46(42)58-44-31(3)15-12-16-32(44)4;/h11-16,23-26,28,33-34,48H,5-10,17-22,27H2,1-4H3,(H,49,55)(H,50,56);1H. The molecule has 2 saturated carbocycles. The van der Waals surface area contributed by atoms with E-state index in [-0.39, 0.29) is 35.6 Å². The molecule has 0 spiro atoms. The first-order valence-electron chi connectivity index (χ1n) is 21.2. The van der Waals surface area contributed by atoms with E-state index in [1.54, 1.807) is 24.5 Å². The highest BCUT2D eigenvalue weighted by atomic mass is 35.5. The van der Waals surface area contributed by atoms with Crippen molar-refractivity contribution in [1.29, 1.82) is 0 Å². The van der Waals surface area contributed by atoms with Crippen LogP contribution in [0.4, 0.5) is 0 Å². The number of carbonyl (C=O) groups is 1. The lowest BCUT2D eigenvalue weighted by atomic mass is 9.79. The summed E-state index contributed by atoms with van der Waals surface area (Å²) in [6.45, 7) is 9.52. The van der Waals surface area contributed by atoms with Crippen LogP contribution in [0.5, 0.6) is 23.3 Å². The first-order chi connectivity index (χ1) is 28.2. The van der Waals surface area contributed by atoms with E-state index in [2.05, 4.69) is 76.4 Å². The Labute approximate surface area is 350 Å². The highest BCUT2D eigenvalue weighted by molar-refractivity contribution is 5.94. The Morgan fingerprint density at radius 2 is 1.08 bits per heavy atom. The Morgan fingerprint density at radius 3 is 1.49 bits per heavy atom. The molecule has 0 radical (unpaired) electrons. The van der Waals surface area contributed by atoms with Crippen molar-refractivity contribution in [2.75, 3.05) is 19.6 Å². The van der Waals surface area contributed by atoms with Crippen LogP contribution >= 0.6 is 12.4 Å². The molecule has 59 heavy (non-hydrogen) atoms. The molecule has 9 rings (SSSR count). The van der Waals surface area contributed by atoms with E-state index < -0.39 is 5.54 Å². The third-order valence-corrected chi connectivity index (χ3v) is 13.2. The number of amides is 1. The van der Waals surface area contributed by atoms with Crippen LogP contribution in [0, 0.1) is 27.7 Å². The number of rotatable bonds is 9. The highest BCUT2D eigenvalue weighted by Gasteiger charge is 2.52. The average molecular weight is 819 g/mol. The maximum atomic E-state index is 14.0. The fourth-order valence-electron chi connectivity index (χ4n) is 10.4. The topological polar surface area (TPSA) is 126 Å². The van der Waals surface area contributed by atoms with Crippen LogP contribution in [0.3, 0.4) is 0 Å². The number of para-hydroxylation sites is 2. The van der Waals surface area contributed by atoms with Gasteiger partial charge in [0.15, 0.2) is 0 Å². The molecule has 310 valence electrons. The van der Waals surface area contributed by atoms with Gasteiger partial charge in [-0.3, -0.25) is 14.4 Å². The summed E-state index contributed by atoms with van der Waals surface area (Å²) in [5.74, 6) is 2.70. The van der Waals surface area contributed by atoms with E-state index in [0.717, 1.165) is 137 Å². The summed E-state index contributed by atoms with van der Waals surface area (Å²) in [4.78, 5) is 48.7. The van der Waals surface area contributed by atoms with Gasteiger partial charge < -0.3 is 38.8 Å². The van der Waals surface area contributed by atoms with Crippen LogP contribution in [-0.4, -0.2) is 50.0 Å². The molecule has 2 aliphatic carbocycles. The molecule has 0 bridgehead atoms. The van der Waals surface area contributed by atoms with Gasteiger partial charge in [-0.15, -0.1) is 12.4 Å². The Kier molecular flexibility index (Phi) is 11.3. The minimum atomic E-state index is -1.25.